The van der Waals surface area contributed by atoms with Crippen LogP contribution in [0.2, 0.25) is 0 Å². The number of nitrogens with zero attached hydrogens (tertiary/aromatic N) is 2. The van der Waals surface area contributed by atoms with Gasteiger partial charge in [-0.1, -0.05) is 12.1 Å². The number of hydrogen-bond acceptors (Lipinski definition) is 4. The zero-order chi connectivity index (χ0) is 17.8. The Labute approximate surface area is 146 Å². The molecule has 0 aromatic heterocycles. The largest absolute Gasteiger partial charge is 0.372 e. The molecular weight excluding hydrogens is 318 g/mol. The fourth-order valence-corrected chi connectivity index (χ4v) is 3.08. The summed E-state index contributed by atoms with van der Waals surface area (Å²) in [6, 6.07) is 12.2. The number of amides is 1. The van der Waals surface area contributed by atoms with Crippen molar-refractivity contribution in [1.82, 2.24) is 0 Å². The van der Waals surface area contributed by atoms with E-state index in [4.69, 9.17) is 0 Å². The van der Waals surface area contributed by atoms with Crippen LogP contribution in [0.5, 0.6) is 0 Å². The molecule has 0 saturated carbocycles. The summed E-state index contributed by atoms with van der Waals surface area (Å²) in [7, 11) is 0. The molecule has 0 bridgehead atoms. The maximum Gasteiger partial charge on any atom is 0.274 e. The Kier molecular flexibility index (Phi) is 4.97. The van der Waals surface area contributed by atoms with E-state index in [2.05, 4.69) is 10.2 Å². The second-order valence-corrected chi connectivity index (χ2v) is 6.31. The molecule has 1 saturated heterocycles. The van der Waals surface area contributed by atoms with E-state index in [9.17, 15) is 14.9 Å². The van der Waals surface area contributed by atoms with Gasteiger partial charge < -0.3 is 10.2 Å². The highest BCUT2D eigenvalue weighted by Crippen LogP contribution is 2.24. The highest BCUT2D eigenvalue weighted by Gasteiger charge is 2.15. The average Bonchev–Trinajstić information content (AvgIpc) is 2.64. The summed E-state index contributed by atoms with van der Waals surface area (Å²) in [4.78, 5) is 25.4. The molecule has 25 heavy (non-hydrogen) atoms. The van der Waals surface area contributed by atoms with E-state index in [0.29, 0.717) is 16.8 Å². The Bertz CT molecular complexity index is 798. The van der Waals surface area contributed by atoms with Gasteiger partial charge in [0.15, 0.2) is 0 Å². The van der Waals surface area contributed by atoms with Crippen LogP contribution in [0.3, 0.4) is 0 Å². The van der Waals surface area contributed by atoms with Gasteiger partial charge in [-0.2, -0.15) is 0 Å². The van der Waals surface area contributed by atoms with Gasteiger partial charge in [-0.25, -0.2) is 0 Å². The summed E-state index contributed by atoms with van der Waals surface area (Å²) in [5.41, 5.74) is 2.58. The molecule has 1 fully saturated rings. The standard InChI is InChI=1S/C19H21N3O3/c1-14-8-9-16(13-18(14)22(24)25)20-19(23)15-6-5-7-17(12-15)21-10-3-2-4-11-21/h5-9,12-13H,2-4,10-11H2,1H3,(H,20,23). The molecule has 1 aliphatic rings. The molecule has 130 valence electrons. The van der Waals surface area contributed by atoms with Gasteiger partial charge in [0.25, 0.3) is 11.6 Å². The van der Waals surface area contributed by atoms with Crippen LogP contribution in [0.1, 0.15) is 35.2 Å². The SMILES string of the molecule is Cc1ccc(NC(=O)c2cccc(N3CCCCC3)c2)cc1[N+](=O)[O-]. The predicted octanol–water partition coefficient (Wildman–Crippen LogP) is 4.15. The van der Waals surface area contributed by atoms with E-state index in [1.807, 2.05) is 18.2 Å². The van der Waals surface area contributed by atoms with Crippen LogP contribution in [0.25, 0.3) is 0 Å². The van der Waals surface area contributed by atoms with Crippen LogP contribution in [0.4, 0.5) is 17.1 Å². The van der Waals surface area contributed by atoms with Crippen molar-refractivity contribution in [3.63, 3.8) is 0 Å². The molecule has 1 aliphatic heterocycles. The predicted molar refractivity (Wildman–Crippen MR) is 98.3 cm³/mol. The van der Waals surface area contributed by atoms with Crippen molar-refractivity contribution >= 4 is 23.0 Å². The Hall–Kier alpha value is -2.89. The second-order valence-electron chi connectivity index (χ2n) is 6.31. The molecule has 0 radical (unpaired) electrons. The first-order valence-corrected chi connectivity index (χ1v) is 8.46. The zero-order valence-electron chi connectivity index (χ0n) is 14.2. The molecule has 0 aliphatic carbocycles. The van der Waals surface area contributed by atoms with Crippen LogP contribution in [-0.4, -0.2) is 23.9 Å². The summed E-state index contributed by atoms with van der Waals surface area (Å²) >= 11 is 0. The monoisotopic (exact) mass is 339 g/mol. The molecule has 0 atom stereocenters. The van der Waals surface area contributed by atoms with Crippen LogP contribution in [0.15, 0.2) is 42.5 Å². The summed E-state index contributed by atoms with van der Waals surface area (Å²) in [5.74, 6) is -0.267. The molecule has 1 heterocycles. The Morgan fingerprint density at radius 3 is 2.60 bits per heavy atom. The van der Waals surface area contributed by atoms with Crippen molar-refractivity contribution in [2.75, 3.05) is 23.3 Å². The first-order valence-electron chi connectivity index (χ1n) is 8.46. The smallest absolute Gasteiger partial charge is 0.274 e. The van der Waals surface area contributed by atoms with Crippen LogP contribution >= 0.6 is 0 Å². The van der Waals surface area contributed by atoms with Gasteiger partial charge in [-0.3, -0.25) is 14.9 Å². The van der Waals surface area contributed by atoms with Gasteiger partial charge in [0.1, 0.15) is 0 Å². The average molecular weight is 339 g/mol. The highest BCUT2D eigenvalue weighted by atomic mass is 16.6. The van der Waals surface area contributed by atoms with Crippen molar-refractivity contribution in [3.05, 3.63) is 63.7 Å². The number of benzene rings is 2. The molecule has 0 spiro atoms. The summed E-state index contributed by atoms with van der Waals surface area (Å²) in [6.07, 6.45) is 3.59. The van der Waals surface area contributed by atoms with Gasteiger partial charge >= 0.3 is 0 Å². The number of nitro benzene ring substituents is 1. The van der Waals surface area contributed by atoms with Gasteiger partial charge in [0.2, 0.25) is 0 Å². The lowest BCUT2D eigenvalue weighted by Gasteiger charge is -2.29. The van der Waals surface area contributed by atoms with Crippen LogP contribution in [-0.2, 0) is 0 Å². The molecule has 6 nitrogen and oxygen atoms in total. The van der Waals surface area contributed by atoms with Crippen LogP contribution < -0.4 is 10.2 Å². The van der Waals surface area contributed by atoms with E-state index >= 15 is 0 Å². The fourth-order valence-electron chi connectivity index (χ4n) is 3.08. The lowest BCUT2D eigenvalue weighted by atomic mass is 10.1. The molecular formula is C19H21N3O3. The third-order valence-corrected chi connectivity index (χ3v) is 4.49. The summed E-state index contributed by atoms with van der Waals surface area (Å²) in [6.45, 7) is 3.69. The van der Waals surface area contributed by atoms with E-state index in [1.54, 1.807) is 25.1 Å². The Morgan fingerprint density at radius 2 is 1.88 bits per heavy atom. The molecule has 1 amide bonds. The quantitative estimate of drug-likeness (QED) is 0.671. The number of hydrogen-bond donors (Lipinski definition) is 1. The molecule has 2 aromatic carbocycles. The first-order chi connectivity index (χ1) is 12.0. The number of carbonyl (C=O) groups is 1. The second kappa shape index (κ2) is 7.34. The van der Waals surface area contributed by atoms with E-state index in [-0.39, 0.29) is 11.6 Å². The fraction of sp³-hybridized carbons (Fsp3) is 0.316. The van der Waals surface area contributed by atoms with Gasteiger partial charge in [0, 0.05) is 41.7 Å². The normalized spacial score (nSPS) is 14.2. The number of anilines is 2. The molecule has 0 unspecified atom stereocenters. The lowest BCUT2D eigenvalue weighted by Crippen LogP contribution is -2.29. The number of piperidine rings is 1. The minimum atomic E-state index is -0.442. The summed E-state index contributed by atoms with van der Waals surface area (Å²) < 4.78 is 0. The van der Waals surface area contributed by atoms with Crippen LogP contribution in [0, 0.1) is 17.0 Å². The van der Waals surface area contributed by atoms with E-state index < -0.39 is 4.92 Å². The number of rotatable bonds is 4. The summed E-state index contributed by atoms with van der Waals surface area (Å²) in [5, 5.41) is 13.8. The molecule has 3 rings (SSSR count). The van der Waals surface area contributed by atoms with Crippen molar-refractivity contribution in [2.24, 2.45) is 0 Å². The van der Waals surface area contributed by atoms with E-state index in [0.717, 1.165) is 18.8 Å². The van der Waals surface area contributed by atoms with Gasteiger partial charge in [-0.05, 0) is 50.5 Å². The molecule has 2 aromatic rings. The molecule has 1 N–H and O–H groups in total. The van der Waals surface area contributed by atoms with Gasteiger partial charge in [0.05, 0.1) is 4.92 Å². The maximum atomic E-state index is 12.5. The number of nitrogens with one attached hydrogen (secondary N) is 1. The first kappa shape index (κ1) is 17.0. The Balaban J connectivity index is 1.77. The lowest BCUT2D eigenvalue weighted by molar-refractivity contribution is -0.385. The topological polar surface area (TPSA) is 75.5 Å². The molecule has 6 heteroatoms. The van der Waals surface area contributed by atoms with Crippen molar-refractivity contribution in [2.45, 2.75) is 26.2 Å². The maximum absolute atomic E-state index is 12.5. The Morgan fingerprint density at radius 1 is 1.12 bits per heavy atom. The number of nitro groups is 1. The van der Waals surface area contributed by atoms with Crippen molar-refractivity contribution < 1.29 is 9.72 Å². The zero-order valence-corrected chi connectivity index (χ0v) is 14.2. The minimum absolute atomic E-state index is 0.000123. The third-order valence-electron chi connectivity index (χ3n) is 4.49. The highest BCUT2D eigenvalue weighted by molar-refractivity contribution is 6.05. The third kappa shape index (κ3) is 3.96. The van der Waals surface area contributed by atoms with Crippen molar-refractivity contribution in [3.8, 4) is 0 Å². The van der Waals surface area contributed by atoms with E-state index in [1.165, 1.54) is 25.3 Å². The number of aryl methyl sites for hydroxylation is 1. The van der Waals surface area contributed by atoms with Crippen molar-refractivity contribution in [1.29, 1.82) is 0 Å². The number of carbonyl (C=O) groups excluding carboxylic acids is 1. The van der Waals surface area contributed by atoms with Gasteiger partial charge in [-0.15, -0.1) is 0 Å². The minimum Gasteiger partial charge on any atom is -0.372 e.